The quantitative estimate of drug-likeness (QED) is 0.672. The summed E-state index contributed by atoms with van der Waals surface area (Å²) in [4.78, 5) is 24.4. The summed E-state index contributed by atoms with van der Waals surface area (Å²) in [6.07, 6.45) is 8.67. The van der Waals surface area contributed by atoms with Crippen LogP contribution in [0.3, 0.4) is 0 Å². The van der Waals surface area contributed by atoms with E-state index in [-0.39, 0.29) is 40.3 Å². The fraction of sp³-hybridized carbons (Fsp3) is 0.818. The molecule has 0 aromatic heterocycles. The molecule has 0 aliphatic heterocycles. The molecule has 28 heavy (non-hydrogen) atoms. The van der Waals surface area contributed by atoms with Crippen molar-refractivity contribution in [3.8, 4) is 0 Å². The molecule has 0 N–H and O–H groups in total. The van der Waals surface area contributed by atoms with Gasteiger partial charge in [-0.3, -0.25) is 13.8 Å². The standard InChI is InChI=1S/C22H30O5S/c1-12(23)16-4-5-17-15-8-13-10-22(7-6-14(24)9-18(13)22)20(15)19(11-21(16,17)2)27-28(3,25)26/h9,13,15-17,19-20H,4-8,10-11H2,1-3H3/t13-,15-,16+,17-,19+,20+,21+,22+/m0/s1. The minimum atomic E-state index is -3.60. The molecule has 6 rings (SSSR count). The molecule has 5 fully saturated rings. The van der Waals surface area contributed by atoms with Crippen LogP contribution < -0.4 is 0 Å². The van der Waals surface area contributed by atoms with Crippen LogP contribution in [0, 0.1) is 40.4 Å². The minimum Gasteiger partial charge on any atom is -0.300 e. The third-order valence-electron chi connectivity index (χ3n) is 9.17. The van der Waals surface area contributed by atoms with Crippen molar-refractivity contribution in [2.45, 2.75) is 64.9 Å². The lowest BCUT2D eigenvalue weighted by Crippen LogP contribution is -2.65. The number of hydrogen-bond donors (Lipinski definition) is 0. The zero-order valence-corrected chi connectivity index (χ0v) is 17.8. The van der Waals surface area contributed by atoms with E-state index < -0.39 is 10.1 Å². The van der Waals surface area contributed by atoms with Gasteiger partial charge in [-0.1, -0.05) is 12.5 Å². The molecule has 0 radical (unpaired) electrons. The van der Waals surface area contributed by atoms with Crippen molar-refractivity contribution >= 4 is 21.7 Å². The van der Waals surface area contributed by atoms with Crippen LogP contribution in [0.1, 0.15) is 58.8 Å². The summed E-state index contributed by atoms with van der Waals surface area (Å²) in [5.41, 5.74) is 1.04. The molecule has 5 nitrogen and oxygen atoms in total. The Morgan fingerprint density at radius 2 is 2.00 bits per heavy atom. The molecule has 5 saturated carbocycles. The van der Waals surface area contributed by atoms with E-state index in [9.17, 15) is 18.0 Å². The van der Waals surface area contributed by atoms with E-state index in [1.54, 1.807) is 6.92 Å². The lowest BCUT2D eigenvalue weighted by molar-refractivity contribution is -0.171. The number of Topliss-reactive ketones (excluding diaryl/α,β-unsaturated/α-hetero) is 1. The number of allylic oxidation sites excluding steroid dienone is 1. The van der Waals surface area contributed by atoms with Gasteiger partial charge in [-0.05, 0) is 86.0 Å². The predicted molar refractivity (Wildman–Crippen MR) is 104 cm³/mol. The van der Waals surface area contributed by atoms with E-state index >= 15 is 0 Å². The average Bonchev–Trinajstić information content (AvgIpc) is 2.92. The number of ketones is 2. The molecule has 0 heterocycles. The average molecular weight is 407 g/mol. The van der Waals surface area contributed by atoms with Gasteiger partial charge < -0.3 is 0 Å². The summed E-state index contributed by atoms with van der Waals surface area (Å²) in [5.74, 6) is 1.89. The smallest absolute Gasteiger partial charge is 0.264 e. The number of fused-ring (bicyclic) bond motifs is 1. The van der Waals surface area contributed by atoms with Crippen molar-refractivity contribution in [1.82, 2.24) is 0 Å². The van der Waals surface area contributed by atoms with Gasteiger partial charge in [0, 0.05) is 12.3 Å². The highest BCUT2D eigenvalue weighted by Crippen LogP contribution is 2.74. The predicted octanol–water partition coefficient (Wildman–Crippen LogP) is 3.29. The van der Waals surface area contributed by atoms with E-state index in [0.717, 1.165) is 38.4 Å². The van der Waals surface area contributed by atoms with E-state index in [4.69, 9.17) is 4.18 Å². The second-order valence-corrected chi connectivity index (χ2v) is 12.0. The minimum absolute atomic E-state index is 0.00260. The molecule has 8 atom stereocenters. The Hall–Kier alpha value is -1.01. The Morgan fingerprint density at radius 1 is 1.25 bits per heavy atom. The molecule has 0 unspecified atom stereocenters. The lowest BCUT2D eigenvalue weighted by atomic mass is 9.36. The summed E-state index contributed by atoms with van der Waals surface area (Å²) in [6, 6.07) is 0. The van der Waals surface area contributed by atoms with Gasteiger partial charge in [0.1, 0.15) is 5.78 Å². The van der Waals surface area contributed by atoms with Crippen molar-refractivity contribution < 1.29 is 22.2 Å². The van der Waals surface area contributed by atoms with Gasteiger partial charge in [0.25, 0.3) is 10.1 Å². The number of rotatable bonds is 3. The fourth-order valence-corrected chi connectivity index (χ4v) is 9.12. The van der Waals surface area contributed by atoms with Crippen molar-refractivity contribution in [2.24, 2.45) is 40.4 Å². The van der Waals surface area contributed by atoms with Crippen molar-refractivity contribution in [3.63, 3.8) is 0 Å². The summed E-state index contributed by atoms with van der Waals surface area (Å²) in [6.45, 7) is 3.88. The molecule has 0 saturated heterocycles. The SMILES string of the molecule is CC(=O)[C@H]1CC[C@H]2[C@@H]3C[C@H]4C[C@@]5(CCC(=O)C=C45)[C@H]3[C@H](OS(C)(=O)=O)C[C@]12C. The summed E-state index contributed by atoms with van der Waals surface area (Å²) in [5, 5.41) is 0. The van der Waals surface area contributed by atoms with Gasteiger partial charge in [-0.25, -0.2) is 0 Å². The maximum atomic E-state index is 12.4. The van der Waals surface area contributed by atoms with Crippen molar-refractivity contribution in [3.05, 3.63) is 11.6 Å². The summed E-state index contributed by atoms with van der Waals surface area (Å²) in [7, 11) is -3.60. The normalized spacial score (nSPS) is 49.4. The topological polar surface area (TPSA) is 77.5 Å². The van der Waals surface area contributed by atoms with Gasteiger partial charge in [0.05, 0.1) is 12.4 Å². The van der Waals surface area contributed by atoms with Crippen LogP contribution in [-0.4, -0.2) is 32.3 Å². The molecule has 0 aromatic carbocycles. The van der Waals surface area contributed by atoms with Gasteiger partial charge in [0.2, 0.25) is 0 Å². The third kappa shape index (κ3) is 2.43. The molecule has 1 spiro atoms. The van der Waals surface area contributed by atoms with Crippen LogP contribution in [0.15, 0.2) is 11.6 Å². The monoisotopic (exact) mass is 406 g/mol. The first-order valence-electron chi connectivity index (χ1n) is 10.7. The Balaban J connectivity index is 1.60. The number of carbonyl (C=O) groups excluding carboxylic acids is 2. The highest BCUT2D eigenvalue weighted by Gasteiger charge is 2.69. The summed E-state index contributed by atoms with van der Waals surface area (Å²) < 4.78 is 30.1. The van der Waals surface area contributed by atoms with E-state index in [1.807, 2.05) is 6.08 Å². The summed E-state index contributed by atoms with van der Waals surface area (Å²) >= 11 is 0. The van der Waals surface area contributed by atoms with Gasteiger partial charge in [-0.2, -0.15) is 8.42 Å². The van der Waals surface area contributed by atoms with Gasteiger partial charge >= 0.3 is 0 Å². The highest BCUT2D eigenvalue weighted by molar-refractivity contribution is 7.86. The fourth-order valence-electron chi connectivity index (χ4n) is 8.49. The Bertz CT molecular complexity index is 889. The highest BCUT2D eigenvalue weighted by atomic mass is 32.2. The first kappa shape index (κ1) is 19.0. The van der Waals surface area contributed by atoms with E-state index in [1.165, 1.54) is 5.57 Å². The number of carbonyl (C=O) groups is 2. The lowest BCUT2D eigenvalue weighted by Gasteiger charge is -2.69. The van der Waals surface area contributed by atoms with E-state index in [0.29, 0.717) is 30.6 Å². The van der Waals surface area contributed by atoms with Crippen LogP contribution in [0.5, 0.6) is 0 Å². The number of hydrogen-bond acceptors (Lipinski definition) is 5. The van der Waals surface area contributed by atoms with Gasteiger partial charge in [0.15, 0.2) is 5.78 Å². The molecule has 6 aliphatic rings. The maximum absolute atomic E-state index is 12.4. The van der Waals surface area contributed by atoms with Crippen molar-refractivity contribution in [1.29, 1.82) is 0 Å². The zero-order chi connectivity index (χ0) is 20.1. The Kier molecular flexibility index (Phi) is 3.92. The Morgan fingerprint density at radius 3 is 2.68 bits per heavy atom. The van der Waals surface area contributed by atoms with E-state index in [2.05, 4.69) is 6.92 Å². The Labute approximate surface area is 167 Å². The van der Waals surface area contributed by atoms with Crippen LogP contribution in [0.2, 0.25) is 0 Å². The molecular weight excluding hydrogens is 376 g/mol. The van der Waals surface area contributed by atoms with Gasteiger partial charge in [-0.15, -0.1) is 0 Å². The molecule has 6 aliphatic carbocycles. The first-order chi connectivity index (χ1) is 13.1. The molecule has 0 amide bonds. The second-order valence-electron chi connectivity index (χ2n) is 10.4. The molecule has 6 heteroatoms. The molecule has 0 aromatic rings. The van der Waals surface area contributed by atoms with Crippen molar-refractivity contribution in [2.75, 3.05) is 6.26 Å². The molecule has 154 valence electrons. The molecule has 2 bridgehead atoms. The van der Waals surface area contributed by atoms with Crippen LogP contribution >= 0.6 is 0 Å². The van der Waals surface area contributed by atoms with Crippen LogP contribution in [-0.2, 0) is 23.9 Å². The molecular formula is C22H30O5S. The van der Waals surface area contributed by atoms with Crippen LogP contribution in [0.4, 0.5) is 0 Å². The van der Waals surface area contributed by atoms with Crippen LogP contribution in [0.25, 0.3) is 0 Å². The largest absolute Gasteiger partial charge is 0.300 e. The first-order valence-corrected chi connectivity index (χ1v) is 12.5. The second kappa shape index (κ2) is 5.78. The maximum Gasteiger partial charge on any atom is 0.264 e. The third-order valence-corrected chi connectivity index (χ3v) is 9.77. The zero-order valence-electron chi connectivity index (χ0n) is 16.9.